The maximum absolute atomic E-state index is 5.76. The largest absolute Gasteiger partial charge is 0.424 e. The highest BCUT2D eigenvalue weighted by molar-refractivity contribution is 5.35. The number of para-hydroxylation sites is 1. The summed E-state index contributed by atoms with van der Waals surface area (Å²) in [6.45, 7) is 9.24. The van der Waals surface area contributed by atoms with E-state index in [1.807, 2.05) is 18.2 Å². The maximum atomic E-state index is 5.76. The van der Waals surface area contributed by atoms with E-state index in [-0.39, 0.29) is 5.54 Å². The fraction of sp³-hybridized carbons (Fsp3) is 0.412. The van der Waals surface area contributed by atoms with Crippen molar-refractivity contribution in [1.29, 1.82) is 0 Å². The van der Waals surface area contributed by atoms with Gasteiger partial charge in [-0.05, 0) is 38.8 Å². The summed E-state index contributed by atoms with van der Waals surface area (Å²) >= 11 is 0. The van der Waals surface area contributed by atoms with Crippen LogP contribution in [0.4, 0.5) is 0 Å². The van der Waals surface area contributed by atoms with Crippen molar-refractivity contribution in [2.24, 2.45) is 0 Å². The van der Waals surface area contributed by atoms with Crippen LogP contribution in [-0.2, 0) is 13.0 Å². The third-order valence-electron chi connectivity index (χ3n) is 3.06. The molecule has 1 aromatic carbocycles. The first-order chi connectivity index (χ1) is 9.98. The van der Waals surface area contributed by atoms with Crippen LogP contribution in [-0.4, -0.2) is 15.5 Å². The van der Waals surface area contributed by atoms with Gasteiger partial charge in [-0.1, -0.05) is 25.1 Å². The molecule has 1 N–H and O–H groups in total. The lowest BCUT2D eigenvalue weighted by atomic mass is 10.1. The molecule has 0 spiro atoms. The number of hydrogen-bond acceptors (Lipinski definition) is 4. The summed E-state index contributed by atoms with van der Waals surface area (Å²) in [7, 11) is 0. The second-order valence-electron chi connectivity index (χ2n) is 6.04. The van der Waals surface area contributed by atoms with E-state index in [0.29, 0.717) is 6.01 Å². The van der Waals surface area contributed by atoms with Gasteiger partial charge >= 0.3 is 6.01 Å². The third kappa shape index (κ3) is 4.83. The van der Waals surface area contributed by atoms with Crippen molar-refractivity contribution >= 4 is 0 Å². The SMILES string of the molecule is CCc1ccccc1Oc1ncc(CNC(C)(C)C)cn1. The fourth-order valence-electron chi connectivity index (χ4n) is 1.85. The monoisotopic (exact) mass is 285 g/mol. The van der Waals surface area contributed by atoms with E-state index in [4.69, 9.17) is 4.74 Å². The fourth-order valence-corrected chi connectivity index (χ4v) is 1.85. The summed E-state index contributed by atoms with van der Waals surface area (Å²) < 4.78 is 5.76. The van der Waals surface area contributed by atoms with Crippen LogP contribution in [0.25, 0.3) is 0 Å². The van der Waals surface area contributed by atoms with Crippen molar-refractivity contribution in [2.45, 2.75) is 46.2 Å². The van der Waals surface area contributed by atoms with Gasteiger partial charge in [-0.3, -0.25) is 0 Å². The van der Waals surface area contributed by atoms with Gasteiger partial charge in [0.2, 0.25) is 0 Å². The molecule has 2 aromatic rings. The molecule has 112 valence electrons. The van der Waals surface area contributed by atoms with Crippen LogP contribution in [0.15, 0.2) is 36.7 Å². The molecule has 2 rings (SSSR count). The Bertz CT molecular complexity index is 573. The van der Waals surface area contributed by atoms with Gasteiger partial charge in [0.25, 0.3) is 0 Å². The van der Waals surface area contributed by atoms with Crippen LogP contribution < -0.4 is 10.1 Å². The zero-order chi connectivity index (χ0) is 15.3. The number of rotatable bonds is 5. The van der Waals surface area contributed by atoms with Gasteiger partial charge in [-0.2, -0.15) is 0 Å². The molecular formula is C17H23N3O. The average Bonchev–Trinajstić information content (AvgIpc) is 2.46. The predicted molar refractivity (Wildman–Crippen MR) is 84.5 cm³/mol. The predicted octanol–water partition coefficient (Wildman–Crippen LogP) is 3.72. The summed E-state index contributed by atoms with van der Waals surface area (Å²) in [5.41, 5.74) is 2.27. The summed E-state index contributed by atoms with van der Waals surface area (Å²) in [4.78, 5) is 8.55. The lowest BCUT2D eigenvalue weighted by Crippen LogP contribution is -2.35. The topological polar surface area (TPSA) is 47.0 Å². The number of aryl methyl sites for hydroxylation is 1. The average molecular weight is 285 g/mol. The van der Waals surface area contributed by atoms with Crippen molar-refractivity contribution in [3.05, 3.63) is 47.8 Å². The molecule has 4 nitrogen and oxygen atoms in total. The molecule has 0 atom stereocenters. The number of nitrogens with one attached hydrogen (secondary N) is 1. The Morgan fingerprint density at radius 3 is 2.38 bits per heavy atom. The van der Waals surface area contributed by atoms with Crippen LogP contribution in [0.1, 0.15) is 38.8 Å². The van der Waals surface area contributed by atoms with Gasteiger partial charge in [0.1, 0.15) is 5.75 Å². The van der Waals surface area contributed by atoms with Crippen LogP contribution in [0.5, 0.6) is 11.8 Å². The van der Waals surface area contributed by atoms with Crippen molar-refractivity contribution < 1.29 is 4.74 Å². The second-order valence-corrected chi connectivity index (χ2v) is 6.04. The maximum Gasteiger partial charge on any atom is 0.321 e. The molecule has 0 aliphatic carbocycles. The molecule has 0 saturated heterocycles. The molecule has 0 aliphatic rings. The first-order valence-electron chi connectivity index (χ1n) is 7.29. The molecular weight excluding hydrogens is 262 g/mol. The van der Waals surface area contributed by atoms with E-state index < -0.39 is 0 Å². The van der Waals surface area contributed by atoms with Gasteiger partial charge in [0.15, 0.2) is 0 Å². The summed E-state index contributed by atoms with van der Waals surface area (Å²) in [5, 5.41) is 3.40. The highest BCUT2D eigenvalue weighted by Gasteiger charge is 2.09. The summed E-state index contributed by atoms with van der Waals surface area (Å²) in [5.74, 6) is 0.820. The highest BCUT2D eigenvalue weighted by atomic mass is 16.5. The van der Waals surface area contributed by atoms with Crippen molar-refractivity contribution in [1.82, 2.24) is 15.3 Å². The number of aromatic nitrogens is 2. The molecule has 1 aromatic heterocycles. The molecule has 0 radical (unpaired) electrons. The Hall–Kier alpha value is -1.94. The minimum Gasteiger partial charge on any atom is -0.424 e. The second kappa shape index (κ2) is 6.68. The van der Waals surface area contributed by atoms with Gasteiger partial charge in [0, 0.05) is 30.0 Å². The van der Waals surface area contributed by atoms with E-state index in [0.717, 1.165) is 29.8 Å². The van der Waals surface area contributed by atoms with E-state index in [1.165, 1.54) is 0 Å². The number of benzene rings is 1. The van der Waals surface area contributed by atoms with Crippen LogP contribution in [0.2, 0.25) is 0 Å². The molecule has 0 bridgehead atoms. The molecule has 0 aliphatic heterocycles. The summed E-state index contributed by atoms with van der Waals surface area (Å²) in [6, 6.07) is 8.34. The zero-order valence-electron chi connectivity index (χ0n) is 13.2. The molecule has 1 heterocycles. The Kier molecular flexibility index (Phi) is 4.91. The molecule has 0 amide bonds. The number of hydrogen-bond donors (Lipinski definition) is 1. The first kappa shape index (κ1) is 15.4. The van der Waals surface area contributed by atoms with Gasteiger partial charge in [-0.15, -0.1) is 0 Å². The highest BCUT2D eigenvalue weighted by Crippen LogP contribution is 2.22. The Morgan fingerprint density at radius 1 is 1.10 bits per heavy atom. The Balaban J connectivity index is 2.02. The quantitative estimate of drug-likeness (QED) is 0.909. The van der Waals surface area contributed by atoms with E-state index in [9.17, 15) is 0 Å². The van der Waals surface area contributed by atoms with Crippen molar-refractivity contribution in [3.8, 4) is 11.8 Å². The first-order valence-corrected chi connectivity index (χ1v) is 7.29. The molecule has 0 fully saturated rings. The Labute approximate surface area is 126 Å². The number of nitrogens with zero attached hydrogens (tertiary/aromatic N) is 2. The smallest absolute Gasteiger partial charge is 0.321 e. The van der Waals surface area contributed by atoms with Crippen LogP contribution in [0, 0.1) is 0 Å². The van der Waals surface area contributed by atoms with E-state index in [1.54, 1.807) is 12.4 Å². The van der Waals surface area contributed by atoms with Gasteiger partial charge < -0.3 is 10.1 Å². The Morgan fingerprint density at radius 2 is 1.76 bits per heavy atom. The standard InChI is InChI=1S/C17H23N3O/c1-5-14-8-6-7-9-15(14)21-16-18-10-13(11-19-16)12-20-17(2,3)4/h6-11,20H,5,12H2,1-4H3. The molecule has 21 heavy (non-hydrogen) atoms. The summed E-state index contributed by atoms with van der Waals surface area (Å²) in [6.07, 6.45) is 4.52. The molecule has 0 saturated carbocycles. The van der Waals surface area contributed by atoms with Crippen LogP contribution >= 0.6 is 0 Å². The zero-order valence-corrected chi connectivity index (χ0v) is 13.2. The van der Waals surface area contributed by atoms with E-state index in [2.05, 4.69) is 49.0 Å². The third-order valence-corrected chi connectivity index (χ3v) is 3.06. The van der Waals surface area contributed by atoms with Crippen molar-refractivity contribution in [3.63, 3.8) is 0 Å². The number of ether oxygens (including phenoxy) is 1. The lowest BCUT2D eigenvalue weighted by molar-refractivity contribution is 0.419. The minimum absolute atomic E-state index is 0.0786. The van der Waals surface area contributed by atoms with Gasteiger partial charge in [0.05, 0.1) is 0 Å². The normalized spacial score (nSPS) is 11.4. The minimum atomic E-state index is 0.0786. The van der Waals surface area contributed by atoms with E-state index >= 15 is 0 Å². The lowest BCUT2D eigenvalue weighted by Gasteiger charge is -2.20. The molecule has 4 heteroatoms. The van der Waals surface area contributed by atoms with Gasteiger partial charge in [-0.25, -0.2) is 9.97 Å². The van der Waals surface area contributed by atoms with Crippen molar-refractivity contribution in [2.75, 3.05) is 0 Å². The van der Waals surface area contributed by atoms with Crippen LogP contribution in [0.3, 0.4) is 0 Å². The molecule has 0 unspecified atom stereocenters.